The third kappa shape index (κ3) is 2.14. The van der Waals surface area contributed by atoms with Gasteiger partial charge in [0.15, 0.2) is 0 Å². The van der Waals surface area contributed by atoms with Crippen molar-refractivity contribution in [2.45, 2.75) is 5.71 Å². The molecule has 1 aliphatic rings. The van der Waals surface area contributed by atoms with E-state index in [1.54, 1.807) is 0 Å². The molecular formula is CH3As4. The summed E-state index contributed by atoms with van der Waals surface area (Å²) in [4.78, 5) is 0. The standard InChI is InChI=1S/CH3As4/c1-2-5-3-4-5/h1H3. The molecule has 0 N–H and O–H groups in total. The van der Waals surface area contributed by atoms with Crippen molar-refractivity contribution in [3.63, 3.8) is 0 Å². The second-order valence-corrected chi connectivity index (χ2v) is 68.1. The van der Waals surface area contributed by atoms with Crippen LogP contribution in [0.15, 0.2) is 0 Å². The van der Waals surface area contributed by atoms with E-state index in [0.29, 0.717) is 8.45 Å². The van der Waals surface area contributed by atoms with Crippen LogP contribution < -0.4 is 0 Å². The first-order chi connectivity index (χ1) is 2.43. The van der Waals surface area contributed by atoms with Crippen LogP contribution in [0.3, 0.4) is 0 Å². The van der Waals surface area contributed by atoms with Crippen molar-refractivity contribution in [3.05, 3.63) is 0 Å². The minimum atomic E-state index is 0.330. The molecule has 1 saturated heterocycles. The van der Waals surface area contributed by atoms with Crippen molar-refractivity contribution in [2.24, 2.45) is 0 Å². The molecule has 0 spiro atoms. The third-order valence-electron chi connectivity index (χ3n) is 0.348. The second-order valence-electron chi connectivity index (χ2n) is 0.647. The van der Waals surface area contributed by atoms with Gasteiger partial charge in [-0.1, -0.05) is 0 Å². The Balaban J connectivity index is 2.00. The topological polar surface area (TPSA) is 0 Å². The Morgan fingerprint density at radius 2 is 2.20 bits per heavy atom. The molecule has 27 valence electrons. The second kappa shape index (κ2) is 2.52. The Hall–Kier alpha value is 2.23. The van der Waals surface area contributed by atoms with Crippen LogP contribution in [0.25, 0.3) is 0 Å². The van der Waals surface area contributed by atoms with Gasteiger partial charge < -0.3 is 0 Å². The van der Waals surface area contributed by atoms with Gasteiger partial charge in [0.25, 0.3) is 0 Å². The predicted molar refractivity (Wildman–Crippen MR) is 28.9 cm³/mol. The predicted octanol–water partition coefficient (Wildman–Crippen LogP) is -0.939. The van der Waals surface area contributed by atoms with E-state index < -0.39 is 0 Å². The zero-order valence-electron chi connectivity index (χ0n) is 2.79. The van der Waals surface area contributed by atoms with Gasteiger partial charge in [0.05, 0.1) is 0 Å². The summed E-state index contributed by atoms with van der Waals surface area (Å²) in [7, 11) is 0.330. The van der Waals surface area contributed by atoms with Crippen LogP contribution in [0.5, 0.6) is 0 Å². The van der Waals surface area contributed by atoms with E-state index in [9.17, 15) is 0 Å². The fourth-order valence-electron chi connectivity index (χ4n) is 0.0979. The molecule has 0 aromatic heterocycles. The first kappa shape index (κ1) is 5.37. The fourth-order valence-corrected chi connectivity index (χ4v) is 126. The number of hydrogen-bond acceptors (Lipinski definition) is 0. The molecule has 0 aromatic carbocycles. The monoisotopic (exact) mass is 315 g/mol. The summed E-state index contributed by atoms with van der Waals surface area (Å²) in [6.07, 6.45) is 0. The normalized spacial score (nSPS) is 46.2. The molecule has 1 aliphatic heterocycles. The van der Waals surface area contributed by atoms with Crippen LogP contribution in [-0.2, 0) is 0 Å². The van der Waals surface area contributed by atoms with Crippen molar-refractivity contribution < 1.29 is 0 Å². The van der Waals surface area contributed by atoms with Crippen LogP contribution in [0.2, 0.25) is 5.71 Å². The zero-order valence-corrected chi connectivity index (χ0v) is 10.3. The van der Waals surface area contributed by atoms with Gasteiger partial charge in [0.1, 0.15) is 0 Å². The summed E-state index contributed by atoms with van der Waals surface area (Å²) in [6.45, 7) is 0. The average Bonchev–Trinajstić information content (AvgIpc) is 2.12. The number of hydrogen-bond donors (Lipinski definition) is 0. The van der Waals surface area contributed by atoms with E-state index >= 15 is 0 Å². The van der Waals surface area contributed by atoms with Crippen LogP contribution in [0.1, 0.15) is 0 Å². The Labute approximate surface area is 50.3 Å². The van der Waals surface area contributed by atoms with E-state index in [4.69, 9.17) is 0 Å². The third-order valence-corrected chi connectivity index (χ3v) is 96.0. The van der Waals surface area contributed by atoms with Crippen LogP contribution in [-0.4, -0.2) is 45.4 Å². The van der Waals surface area contributed by atoms with Crippen LogP contribution >= 0.6 is 0 Å². The summed E-state index contributed by atoms with van der Waals surface area (Å²) in [5, 5.41) is 0. The molecule has 5 heavy (non-hydrogen) atoms. The quantitative estimate of drug-likeness (QED) is 0.548. The Morgan fingerprint density at radius 1 is 1.60 bits per heavy atom. The molecule has 0 saturated carbocycles. The summed E-state index contributed by atoms with van der Waals surface area (Å²) in [6, 6.07) is 0. The molecule has 0 bridgehead atoms. The average molecular weight is 315 g/mol. The minimum absolute atomic E-state index is 0.330. The van der Waals surface area contributed by atoms with Crippen LogP contribution in [0.4, 0.5) is 0 Å². The maximum atomic E-state index is 2.47. The molecule has 4 heteroatoms. The SMILES string of the molecule is C[As][As]1[As][As]1. The van der Waals surface area contributed by atoms with Gasteiger partial charge in [0.2, 0.25) is 0 Å². The summed E-state index contributed by atoms with van der Waals surface area (Å²) in [5.41, 5.74) is 2.47. The first-order valence-electron chi connectivity index (χ1n) is 1.25. The summed E-state index contributed by atoms with van der Waals surface area (Å²) in [5.74, 6) is 0. The Kier molecular flexibility index (Phi) is 2.71. The van der Waals surface area contributed by atoms with E-state index in [1.807, 2.05) is 0 Å². The fraction of sp³-hybridized carbons (Fsp3) is 1.00. The molecule has 1 rings (SSSR count). The molecule has 0 nitrogen and oxygen atoms in total. The van der Waals surface area contributed by atoms with Crippen molar-refractivity contribution in [2.75, 3.05) is 0 Å². The maximum absolute atomic E-state index is 2.47. The van der Waals surface area contributed by atoms with E-state index in [0.717, 1.165) is 36.9 Å². The van der Waals surface area contributed by atoms with E-state index in [1.165, 1.54) is 0 Å². The Morgan fingerprint density at radius 3 is 2.20 bits per heavy atom. The summed E-state index contributed by atoms with van der Waals surface area (Å²) >= 11 is 3.33. The van der Waals surface area contributed by atoms with Crippen LogP contribution in [0, 0.1) is 0 Å². The van der Waals surface area contributed by atoms with Crippen molar-refractivity contribution in [1.82, 2.24) is 0 Å². The van der Waals surface area contributed by atoms with Gasteiger partial charge in [-0.15, -0.1) is 0 Å². The molecule has 0 atom stereocenters. The van der Waals surface area contributed by atoms with Gasteiger partial charge in [-0.2, -0.15) is 0 Å². The van der Waals surface area contributed by atoms with Crippen molar-refractivity contribution in [1.29, 1.82) is 0 Å². The summed E-state index contributed by atoms with van der Waals surface area (Å²) < 4.78 is 0. The van der Waals surface area contributed by atoms with Crippen molar-refractivity contribution in [3.8, 4) is 0 Å². The zero-order chi connectivity index (χ0) is 3.70. The molecule has 3 radical (unpaired) electrons. The van der Waals surface area contributed by atoms with Gasteiger partial charge in [-0.25, -0.2) is 0 Å². The van der Waals surface area contributed by atoms with Crippen molar-refractivity contribution >= 4 is 45.4 Å². The first-order valence-corrected chi connectivity index (χ1v) is 23.9. The molecule has 0 aliphatic carbocycles. The molecule has 1 fully saturated rings. The van der Waals surface area contributed by atoms with Gasteiger partial charge in [-0.3, -0.25) is 0 Å². The molecule has 0 aromatic rings. The van der Waals surface area contributed by atoms with Gasteiger partial charge in [0, 0.05) is 0 Å². The molecule has 0 amide bonds. The van der Waals surface area contributed by atoms with Gasteiger partial charge >= 0.3 is 51.1 Å². The van der Waals surface area contributed by atoms with E-state index in [2.05, 4.69) is 5.71 Å². The van der Waals surface area contributed by atoms with E-state index in [-0.39, 0.29) is 0 Å². The molecular weight excluding hydrogens is 312 g/mol. The number of rotatable bonds is 1. The Bertz CT molecular complexity index is 30.6. The van der Waals surface area contributed by atoms with Gasteiger partial charge in [-0.05, 0) is 0 Å². The molecule has 1 heterocycles. The molecule has 0 unspecified atom stereocenters.